The predicted octanol–water partition coefficient (Wildman–Crippen LogP) is 4.92. The Morgan fingerprint density at radius 3 is 2.86 bits per heavy atom. The highest BCUT2D eigenvalue weighted by Crippen LogP contribution is 2.26. The van der Waals surface area contributed by atoms with E-state index in [0.29, 0.717) is 23.3 Å². The lowest BCUT2D eigenvalue weighted by Crippen LogP contribution is -2.07. The number of benzene rings is 2. The molecule has 0 saturated heterocycles. The number of fused-ring (bicyclic) bond motifs is 1. The van der Waals surface area contributed by atoms with Crippen LogP contribution in [-0.2, 0) is 16.0 Å². The molecule has 7 heteroatoms. The van der Waals surface area contributed by atoms with Crippen molar-refractivity contribution in [3.8, 4) is 5.82 Å². The van der Waals surface area contributed by atoms with Crippen molar-refractivity contribution in [1.82, 2.24) is 14.5 Å². The number of carbonyl (C=O) groups is 1. The number of hydrogen-bond donors (Lipinski definition) is 1. The fraction of sp³-hybridized carbons (Fsp3) is 0.136. The number of rotatable bonds is 6. The SMILES string of the molecule is CCOC(=O)Cc1cn(-c2cncc(Nc3cccc(Cl)c3)n2)c2ccccc12. The molecule has 0 bridgehead atoms. The minimum atomic E-state index is -0.252. The van der Waals surface area contributed by atoms with Crippen LogP contribution in [0.4, 0.5) is 11.5 Å². The number of anilines is 2. The second kappa shape index (κ2) is 8.32. The standard InChI is InChI=1S/C22H19ClN4O2/c1-2-29-22(28)10-15-14-27(19-9-4-3-8-18(15)19)21-13-24-12-20(26-21)25-17-7-5-6-16(23)11-17/h3-9,11-14H,2,10H2,1H3,(H,25,26). The van der Waals surface area contributed by atoms with E-state index in [4.69, 9.17) is 16.3 Å². The van der Waals surface area contributed by atoms with E-state index in [-0.39, 0.29) is 12.4 Å². The monoisotopic (exact) mass is 406 g/mol. The van der Waals surface area contributed by atoms with Gasteiger partial charge in [-0.2, -0.15) is 0 Å². The molecule has 0 aliphatic carbocycles. The summed E-state index contributed by atoms with van der Waals surface area (Å²) in [4.78, 5) is 21.0. The molecule has 0 spiro atoms. The zero-order valence-corrected chi connectivity index (χ0v) is 16.6. The van der Waals surface area contributed by atoms with E-state index in [1.54, 1.807) is 19.3 Å². The Kier molecular flexibility index (Phi) is 5.44. The molecule has 0 radical (unpaired) electrons. The number of hydrogen-bond acceptors (Lipinski definition) is 5. The molecular formula is C22H19ClN4O2. The van der Waals surface area contributed by atoms with Crippen LogP contribution >= 0.6 is 11.6 Å². The molecule has 29 heavy (non-hydrogen) atoms. The summed E-state index contributed by atoms with van der Waals surface area (Å²) in [5.41, 5.74) is 2.65. The average Bonchev–Trinajstić information content (AvgIpc) is 3.07. The van der Waals surface area contributed by atoms with Gasteiger partial charge in [-0.3, -0.25) is 14.3 Å². The first kappa shape index (κ1) is 19.0. The molecule has 0 amide bonds. The highest BCUT2D eigenvalue weighted by molar-refractivity contribution is 6.30. The highest BCUT2D eigenvalue weighted by atomic mass is 35.5. The first-order valence-electron chi connectivity index (χ1n) is 9.23. The molecule has 2 aromatic carbocycles. The number of ether oxygens (including phenoxy) is 1. The predicted molar refractivity (Wildman–Crippen MR) is 114 cm³/mol. The van der Waals surface area contributed by atoms with Gasteiger partial charge in [0.05, 0.1) is 30.9 Å². The lowest BCUT2D eigenvalue weighted by molar-refractivity contribution is -0.142. The van der Waals surface area contributed by atoms with Crippen LogP contribution in [0.25, 0.3) is 16.7 Å². The maximum atomic E-state index is 12.0. The number of aromatic nitrogens is 3. The van der Waals surface area contributed by atoms with Gasteiger partial charge in [-0.05, 0) is 36.8 Å². The summed E-state index contributed by atoms with van der Waals surface area (Å²) in [6.07, 6.45) is 5.45. The largest absolute Gasteiger partial charge is 0.466 e. The second-order valence-corrected chi connectivity index (χ2v) is 6.86. The summed E-state index contributed by atoms with van der Waals surface area (Å²) in [5, 5.41) is 4.83. The molecular weight excluding hydrogens is 388 g/mol. The van der Waals surface area contributed by atoms with Crippen LogP contribution in [0.2, 0.25) is 5.02 Å². The molecule has 0 aliphatic rings. The first-order valence-corrected chi connectivity index (χ1v) is 9.61. The quantitative estimate of drug-likeness (QED) is 0.460. The summed E-state index contributed by atoms with van der Waals surface area (Å²) in [6.45, 7) is 2.16. The lowest BCUT2D eigenvalue weighted by atomic mass is 10.1. The van der Waals surface area contributed by atoms with Gasteiger partial charge in [0.15, 0.2) is 11.6 Å². The number of nitrogens with zero attached hydrogens (tertiary/aromatic N) is 3. The molecule has 0 aliphatic heterocycles. The van der Waals surface area contributed by atoms with Crippen LogP contribution in [0.15, 0.2) is 67.1 Å². The van der Waals surface area contributed by atoms with Crippen LogP contribution in [0, 0.1) is 0 Å². The molecule has 146 valence electrons. The van der Waals surface area contributed by atoms with E-state index >= 15 is 0 Å². The van der Waals surface area contributed by atoms with Gasteiger partial charge in [-0.1, -0.05) is 35.9 Å². The molecule has 4 aromatic rings. The zero-order chi connectivity index (χ0) is 20.2. The van der Waals surface area contributed by atoms with Crippen molar-refractivity contribution in [1.29, 1.82) is 0 Å². The Hall–Kier alpha value is -3.38. The van der Waals surface area contributed by atoms with Gasteiger partial charge < -0.3 is 10.1 Å². The Balaban J connectivity index is 1.70. The molecule has 1 N–H and O–H groups in total. The van der Waals surface area contributed by atoms with Crippen LogP contribution in [0.5, 0.6) is 0 Å². The van der Waals surface area contributed by atoms with Crippen molar-refractivity contribution in [2.75, 3.05) is 11.9 Å². The second-order valence-electron chi connectivity index (χ2n) is 6.42. The van der Waals surface area contributed by atoms with Crippen molar-refractivity contribution in [3.05, 3.63) is 77.7 Å². The summed E-state index contributed by atoms with van der Waals surface area (Å²) < 4.78 is 7.04. The molecule has 0 unspecified atom stereocenters. The number of esters is 1. The van der Waals surface area contributed by atoms with Gasteiger partial charge in [0.1, 0.15) is 0 Å². The minimum Gasteiger partial charge on any atom is -0.466 e. The van der Waals surface area contributed by atoms with Crippen molar-refractivity contribution in [3.63, 3.8) is 0 Å². The topological polar surface area (TPSA) is 69.0 Å². The van der Waals surface area contributed by atoms with Crippen molar-refractivity contribution in [2.24, 2.45) is 0 Å². The van der Waals surface area contributed by atoms with Gasteiger partial charge in [0.25, 0.3) is 0 Å². The third kappa shape index (κ3) is 4.22. The third-order valence-electron chi connectivity index (χ3n) is 4.40. The highest BCUT2D eigenvalue weighted by Gasteiger charge is 2.14. The maximum absolute atomic E-state index is 12.0. The lowest BCUT2D eigenvalue weighted by Gasteiger charge is -2.09. The Morgan fingerprint density at radius 2 is 2.03 bits per heavy atom. The fourth-order valence-corrected chi connectivity index (χ4v) is 3.38. The van der Waals surface area contributed by atoms with Crippen LogP contribution in [0.3, 0.4) is 0 Å². The molecule has 0 atom stereocenters. The van der Waals surface area contributed by atoms with E-state index in [1.807, 2.05) is 59.3 Å². The molecule has 4 rings (SSSR count). The molecule has 6 nitrogen and oxygen atoms in total. The Labute approximate surface area is 173 Å². The summed E-state index contributed by atoms with van der Waals surface area (Å²) in [5.74, 6) is 0.982. The number of halogens is 1. The van der Waals surface area contributed by atoms with Gasteiger partial charge in [0, 0.05) is 22.3 Å². The van der Waals surface area contributed by atoms with Crippen LogP contribution < -0.4 is 5.32 Å². The molecule has 2 heterocycles. The average molecular weight is 407 g/mol. The third-order valence-corrected chi connectivity index (χ3v) is 4.64. The molecule has 0 fully saturated rings. The number of carbonyl (C=O) groups excluding carboxylic acids is 1. The van der Waals surface area contributed by atoms with E-state index in [0.717, 1.165) is 22.2 Å². The van der Waals surface area contributed by atoms with Crippen molar-refractivity contribution in [2.45, 2.75) is 13.3 Å². The van der Waals surface area contributed by atoms with Crippen molar-refractivity contribution >= 4 is 40.0 Å². The number of nitrogens with one attached hydrogen (secondary N) is 1. The minimum absolute atomic E-state index is 0.204. The normalized spacial score (nSPS) is 10.8. The van der Waals surface area contributed by atoms with E-state index in [9.17, 15) is 4.79 Å². The van der Waals surface area contributed by atoms with Gasteiger partial charge in [0.2, 0.25) is 0 Å². The van der Waals surface area contributed by atoms with Gasteiger partial charge in [-0.25, -0.2) is 4.98 Å². The maximum Gasteiger partial charge on any atom is 0.310 e. The smallest absolute Gasteiger partial charge is 0.310 e. The van der Waals surface area contributed by atoms with Gasteiger partial charge in [-0.15, -0.1) is 0 Å². The Morgan fingerprint density at radius 1 is 1.17 bits per heavy atom. The number of para-hydroxylation sites is 1. The van der Waals surface area contributed by atoms with Gasteiger partial charge >= 0.3 is 5.97 Å². The summed E-state index contributed by atoms with van der Waals surface area (Å²) in [7, 11) is 0. The first-order chi connectivity index (χ1) is 14.1. The Bertz CT molecular complexity index is 1170. The fourth-order valence-electron chi connectivity index (χ4n) is 3.19. The van der Waals surface area contributed by atoms with Crippen molar-refractivity contribution < 1.29 is 9.53 Å². The van der Waals surface area contributed by atoms with Crippen LogP contribution in [0.1, 0.15) is 12.5 Å². The van der Waals surface area contributed by atoms with E-state index < -0.39 is 0 Å². The zero-order valence-electron chi connectivity index (χ0n) is 15.8. The summed E-state index contributed by atoms with van der Waals surface area (Å²) in [6, 6.07) is 15.3. The van der Waals surface area contributed by atoms with E-state index in [2.05, 4.69) is 15.3 Å². The van der Waals surface area contributed by atoms with Crippen LogP contribution in [-0.4, -0.2) is 27.1 Å². The van der Waals surface area contributed by atoms with E-state index in [1.165, 1.54) is 0 Å². The molecule has 2 aromatic heterocycles. The molecule has 0 saturated carbocycles. The summed E-state index contributed by atoms with van der Waals surface area (Å²) >= 11 is 6.05.